The average molecular weight is 265 g/mol. The zero-order valence-corrected chi connectivity index (χ0v) is 10.7. The van der Waals surface area contributed by atoms with E-state index in [0.717, 1.165) is 4.90 Å². The molecular weight excluding hydrogens is 252 g/mol. The Morgan fingerprint density at radius 2 is 1.33 bits per heavy atom. The van der Waals surface area contributed by atoms with Crippen molar-refractivity contribution in [2.75, 3.05) is 12.0 Å². The molecule has 94 valence electrons. The van der Waals surface area contributed by atoms with Crippen molar-refractivity contribution in [3.63, 3.8) is 0 Å². The first-order valence-electron chi connectivity index (χ1n) is 5.42. The van der Waals surface area contributed by atoms with Crippen LogP contribution in [0.25, 0.3) is 0 Å². The lowest BCUT2D eigenvalue weighted by molar-refractivity contribution is 0.0428. The van der Waals surface area contributed by atoms with Gasteiger partial charge >= 0.3 is 0 Å². The van der Waals surface area contributed by atoms with Gasteiger partial charge in [-0.15, -0.1) is 11.8 Å². The minimum Gasteiger partial charge on any atom is -0.399 e. The Hall–Kier alpha value is -1.55. The standard InChI is InChI=1S/C14H13F2NS/c1-18-13-8-4-11(5-9-13)14(15,16)10-2-6-12(17)7-3-10/h2-9H,17H2,1H3. The maximum absolute atomic E-state index is 14.2. The summed E-state index contributed by atoms with van der Waals surface area (Å²) in [5.74, 6) is -3.00. The number of hydrogen-bond donors (Lipinski definition) is 1. The van der Waals surface area contributed by atoms with E-state index in [2.05, 4.69) is 0 Å². The molecule has 0 aliphatic heterocycles. The van der Waals surface area contributed by atoms with Crippen LogP contribution in [0, 0.1) is 0 Å². The molecule has 2 aromatic carbocycles. The molecule has 0 amide bonds. The molecule has 18 heavy (non-hydrogen) atoms. The lowest BCUT2D eigenvalue weighted by atomic mass is 10.0. The fourth-order valence-corrected chi connectivity index (χ4v) is 2.07. The van der Waals surface area contributed by atoms with Crippen LogP contribution in [0.1, 0.15) is 11.1 Å². The van der Waals surface area contributed by atoms with Crippen molar-refractivity contribution in [3.05, 3.63) is 59.7 Å². The highest BCUT2D eigenvalue weighted by molar-refractivity contribution is 7.98. The minimum atomic E-state index is -3.00. The van der Waals surface area contributed by atoms with Gasteiger partial charge in [-0.25, -0.2) is 0 Å². The molecule has 0 atom stereocenters. The van der Waals surface area contributed by atoms with Crippen LogP contribution in [0.3, 0.4) is 0 Å². The zero-order valence-electron chi connectivity index (χ0n) is 9.86. The van der Waals surface area contributed by atoms with Crippen molar-refractivity contribution in [2.45, 2.75) is 10.8 Å². The summed E-state index contributed by atoms with van der Waals surface area (Å²) in [7, 11) is 0. The Labute approximate surface area is 109 Å². The van der Waals surface area contributed by atoms with E-state index in [9.17, 15) is 8.78 Å². The van der Waals surface area contributed by atoms with Crippen LogP contribution in [0.2, 0.25) is 0 Å². The fourth-order valence-electron chi connectivity index (χ4n) is 1.66. The Morgan fingerprint density at radius 3 is 1.78 bits per heavy atom. The molecule has 0 saturated heterocycles. The number of benzene rings is 2. The van der Waals surface area contributed by atoms with E-state index in [1.165, 1.54) is 48.2 Å². The number of rotatable bonds is 3. The van der Waals surface area contributed by atoms with Gasteiger partial charge < -0.3 is 5.73 Å². The van der Waals surface area contributed by atoms with Crippen molar-refractivity contribution in [1.82, 2.24) is 0 Å². The van der Waals surface area contributed by atoms with Crippen molar-refractivity contribution in [3.8, 4) is 0 Å². The first-order valence-corrected chi connectivity index (χ1v) is 6.65. The number of thioether (sulfide) groups is 1. The maximum Gasteiger partial charge on any atom is 0.298 e. The van der Waals surface area contributed by atoms with Crippen molar-refractivity contribution >= 4 is 17.4 Å². The first-order chi connectivity index (χ1) is 8.54. The predicted octanol–water partition coefficient (Wildman–Crippen LogP) is 4.13. The molecule has 0 fully saturated rings. The largest absolute Gasteiger partial charge is 0.399 e. The van der Waals surface area contributed by atoms with E-state index in [0.29, 0.717) is 5.69 Å². The van der Waals surface area contributed by atoms with Crippen molar-refractivity contribution in [1.29, 1.82) is 0 Å². The summed E-state index contributed by atoms with van der Waals surface area (Å²) in [5.41, 5.74) is 5.92. The smallest absolute Gasteiger partial charge is 0.298 e. The SMILES string of the molecule is CSc1ccc(C(F)(F)c2ccc(N)cc2)cc1. The Kier molecular flexibility index (Phi) is 3.57. The molecule has 1 nitrogen and oxygen atoms in total. The lowest BCUT2D eigenvalue weighted by Gasteiger charge is -2.17. The summed E-state index contributed by atoms with van der Waals surface area (Å²) in [6.07, 6.45) is 1.91. The molecule has 0 aliphatic rings. The number of hydrogen-bond acceptors (Lipinski definition) is 2. The van der Waals surface area contributed by atoms with Gasteiger partial charge in [0.2, 0.25) is 0 Å². The molecule has 2 N–H and O–H groups in total. The predicted molar refractivity (Wildman–Crippen MR) is 72.1 cm³/mol. The number of alkyl halides is 2. The number of halogens is 2. The van der Waals surface area contributed by atoms with Crippen LogP contribution < -0.4 is 5.73 Å². The second-order valence-electron chi connectivity index (χ2n) is 3.92. The third-order valence-corrected chi connectivity index (χ3v) is 3.47. The van der Waals surface area contributed by atoms with E-state index in [-0.39, 0.29) is 11.1 Å². The third kappa shape index (κ3) is 2.48. The van der Waals surface area contributed by atoms with E-state index in [1.807, 2.05) is 6.26 Å². The molecule has 0 heterocycles. The van der Waals surface area contributed by atoms with Gasteiger partial charge in [0, 0.05) is 21.7 Å². The summed E-state index contributed by atoms with van der Waals surface area (Å²) in [5, 5.41) is 0. The van der Waals surface area contributed by atoms with E-state index < -0.39 is 5.92 Å². The molecule has 0 unspecified atom stereocenters. The monoisotopic (exact) mass is 265 g/mol. The van der Waals surface area contributed by atoms with Crippen LogP contribution in [-0.4, -0.2) is 6.26 Å². The minimum absolute atomic E-state index is 0.00919. The summed E-state index contributed by atoms with van der Waals surface area (Å²) in [6, 6.07) is 12.0. The second kappa shape index (κ2) is 4.98. The normalized spacial score (nSPS) is 11.5. The van der Waals surface area contributed by atoms with Gasteiger partial charge in [0.05, 0.1) is 0 Å². The quantitative estimate of drug-likeness (QED) is 0.667. The Balaban J connectivity index is 2.37. The van der Waals surface area contributed by atoms with Gasteiger partial charge in [0.25, 0.3) is 5.92 Å². The number of nitrogens with two attached hydrogens (primary N) is 1. The lowest BCUT2D eigenvalue weighted by Crippen LogP contribution is -2.15. The van der Waals surface area contributed by atoms with Crippen LogP contribution in [0.5, 0.6) is 0 Å². The molecule has 4 heteroatoms. The third-order valence-electron chi connectivity index (χ3n) is 2.73. The van der Waals surface area contributed by atoms with Gasteiger partial charge in [0.1, 0.15) is 0 Å². The Bertz CT molecular complexity index is 520. The molecule has 0 saturated carbocycles. The average Bonchev–Trinajstić information content (AvgIpc) is 2.39. The van der Waals surface area contributed by atoms with E-state index >= 15 is 0 Å². The highest BCUT2D eigenvalue weighted by Gasteiger charge is 2.33. The molecule has 0 spiro atoms. The molecule has 0 bridgehead atoms. The van der Waals surface area contributed by atoms with Crippen molar-refractivity contribution in [2.24, 2.45) is 0 Å². The van der Waals surface area contributed by atoms with Gasteiger partial charge in [-0.2, -0.15) is 8.78 Å². The zero-order chi connectivity index (χ0) is 13.2. The summed E-state index contributed by atoms with van der Waals surface area (Å²) in [6.45, 7) is 0. The molecule has 2 rings (SSSR count). The van der Waals surface area contributed by atoms with Gasteiger partial charge in [-0.3, -0.25) is 0 Å². The topological polar surface area (TPSA) is 26.0 Å². The summed E-state index contributed by atoms with van der Waals surface area (Å²) in [4.78, 5) is 0.965. The van der Waals surface area contributed by atoms with Crippen LogP contribution in [0.4, 0.5) is 14.5 Å². The second-order valence-corrected chi connectivity index (χ2v) is 4.80. The fraction of sp³-hybridized carbons (Fsp3) is 0.143. The van der Waals surface area contributed by atoms with Gasteiger partial charge in [-0.1, -0.05) is 24.3 Å². The van der Waals surface area contributed by atoms with Gasteiger partial charge in [-0.05, 0) is 30.5 Å². The molecule has 0 aliphatic carbocycles. The molecule has 0 radical (unpaired) electrons. The molecule has 2 aromatic rings. The number of anilines is 1. The highest BCUT2D eigenvalue weighted by Crippen LogP contribution is 2.36. The first kappa shape index (κ1) is 12.9. The van der Waals surface area contributed by atoms with Gasteiger partial charge in [0.15, 0.2) is 0 Å². The van der Waals surface area contributed by atoms with E-state index in [4.69, 9.17) is 5.73 Å². The Morgan fingerprint density at radius 1 is 0.889 bits per heavy atom. The van der Waals surface area contributed by atoms with E-state index in [1.54, 1.807) is 12.1 Å². The molecular formula is C14H13F2NS. The van der Waals surface area contributed by atoms with Crippen molar-refractivity contribution < 1.29 is 8.78 Å². The van der Waals surface area contributed by atoms with Crippen LogP contribution >= 0.6 is 11.8 Å². The van der Waals surface area contributed by atoms with Crippen LogP contribution in [0.15, 0.2) is 53.4 Å². The maximum atomic E-state index is 14.2. The highest BCUT2D eigenvalue weighted by atomic mass is 32.2. The number of nitrogen functional groups attached to an aromatic ring is 1. The summed E-state index contributed by atoms with van der Waals surface area (Å²) < 4.78 is 28.4. The molecule has 0 aromatic heterocycles. The summed E-state index contributed by atoms with van der Waals surface area (Å²) >= 11 is 1.52. The van der Waals surface area contributed by atoms with Crippen LogP contribution in [-0.2, 0) is 5.92 Å².